The van der Waals surface area contributed by atoms with E-state index in [0.717, 1.165) is 41.4 Å². The van der Waals surface area contributed by atoms with Crippen LogP contribution in [0.25, 0.3) is 0 Å². The van der Waals surface area contributed by atoms with Crippen molar-refractivity contribution in [1.29, 1.82) is 0 Å². The van der Waals surface area contributed by atoms with Gasteiger partial charge in [0.05, 0.1) is 6.10 Å². The zero-order chi connectivity index (χ0) is 20.6. The Morgan fingerprint density at radius 2 is 1.48 bits per heavy atom. The Kier molecular flexibility index (Phi) is 9.87. The number of hydrogen-bond donors (Lipinski definition) is 0. The molecule has 0 amide bonds. The molecule has 5 atom stereocenters. The van der Waals surface area contributed by atoms with E-state index < -0.39 is 0 Å². The van der Waals surface area contributed by atoms with E-state index in [1.165, 1.54) is 70.6 Å². The average molecular weight is 405 g/mol. The molecule has 0 bridgehead atoms. The van der Waals surface area contributed by atoms with Crippen molar-refractivity contribution in [3.8, 4) is 0 Å². The summed E-state index contributed by atoms with van der Waals surface area (Å²) in [6.45, 7) is 7.47. The van der Waals surface area contributed by atoms with Crippen LogP contribution in [-0.4, -0.2) is 13.2 Å². The van der Waals surface area contributed by atoms with Gasteiger partial charge in [0.15, 0.2) is 0 Å². The van der Waals surface area contributed by atoms with Gasteiger partial charge in [-0.3, -0.25) is 0 Å². The Hall–Kier alpha value is -0.0400. The molecule has 3 aliphatic rings. The van der Waals surface area contributed by atoms with Crippen LogP contribution in [0.3, 0.4) is 0 Å². The Balaban J connectivity index is 1.51. The molecule has 3 saturated carbocycles. The van der Waals surface area contributed by atoms with Gasteiger partial charge < -0.3 is 4.74 Å². The molecule has 29 heavy (non-hydrogen) atoms. The highest BCUT2D eigenvalue weighted by Crippen LogP contribution is 2.47. The topological polar surface area (TPSA) is 9.23 Å². The van der Waals surface area contributed by atoms with Crippen LogP contribution in [0, 0.1) is 41.4 Å². The Morgan fingerprint density at radius 1 is 0.759 bits per heavy atom. The number of fused-ring (bicyclic) bond motifs is 1. The van der Waals surface area contributed by atoms with E-state index in [1.807, 2.05) is 7.11 Å². The normalized spacial score (nSPS) is 35.3. The molecule has 0 aliphatic heterocycles. The van der Waals surface area contributed by atoms with E-state index in [-0.39, 0.29) is 0 Å². The summed E-state index contributed by atoms with van der Waals surface area (Å²) in [7, 11) is 1.90. The first-order chi connectivity index (χ1) is 14.1. The maximum absolute atomic E-state index is 5.59. The van der Waals surface area contributed by atoms with Gasteiger partial charge in [-0.2, -0.15) is 0 Å². The highest BCUT2D eigenvalue weighted by Gasteiger charge is 2.36. The number of methoxy groups -OCH3 is 1. The van der Waals surface area contributed by atoms with Crippen molar-refractivity contribution in [2.24, 2.45) is 41.4 Å². The number of hydrogen-bond acceptors (Lipinski definition) is 1. The van der Waals surface area contributed by atoms with E-state index in [4.69, 9.17) is 4.74 Å². The highest BCUT2D eigenvalue weighted by molar-refractivity contribution is 4.87. The molecule has 1 heteroatoms. The van der Waals surface area contributed by atoms with Crippen LogP contribution in [0.15, 0.2) is 0 Å². The third kappa shape index (κ3) is 7.26. The van der Waals surface area contributed by atoms with Gasteiger partial charge >= 0.3 is 0 Å². The van der Waals surface area contributed by atoms with Gasteiger partial charge in [0.1, 0.15) is 0 Å². The maximum Gasteiger partial charge on any atom is 0.0571 e. The van der Waals surface area contributed by atoms with Crippen molar-refractivity contribution in [1.82, 2.24) is 0 Å². The van der Waals surface area contributed by atoms with Crippen LogP contribution in [0.2, 0.25) is 0 Å². The summed E-state index contributed by atoms with van der Waals surface area (Å²) in [4.78, 5) is 0. The van der Waals surface area contributed by atoms with Gasteiger partial charge in [0.25, 0.3) is 0 Å². The van der Waals surface area contributed by atoms with E-state index in [1.54, 1.807) is 32.1 Å². The minimum atomic E-state index is 0.553. The number of ether oxygens (including phenoxy) is 1. The highest BCUT2D eigenvalue weighted by atomic mass is 16.5. The first-order valence-corrected chi connectivity index (χ1v) is 13.6. The molecule has 1 nitrogen and oxygen atoms in total. The Bertz CT molecular complexity index is 434. The van der Waals surface area contributed by atoms with E-state index in [9.17, 15) is 0 Å². The van der Waals surface area contributed by atoms with Crippen molar-refractivity contribution in [3.05, 3.63) is 0 Å². The molecule has 0 saturated heterocycles. The molecule has 170 valence electrons. The molecule has 0 aromatic carbocycles. The second-order valence-corrected chi connectivity index (χ2v) is 11.8. The first kappa shape index (κ1) is 23.6. The number of rotatable bonds is 10. The molecule has 3 rings (SSSR count). The van der Waals surface area contributed by atoms with E-state index in [0.29, 0.717) is 6.10 Å². The monoisotopic (exact) mass is 404 g/mol. The maximum atomic E-state index is 5.59. The van der Waals surface area contributed by atoms with Crippen molar-refractivity contribution in [3.63, 3.8) is 0 Å². The average Bonchev–Trinajstić information content (AvgIpc) is 2.75. The second kappa shape index (κ2) is 12.1. The van der Waals surface area contributed by atoms with Gasteiger partial charge in [-0.15, -0.1) is 0 Å². The second-order valence-electron chi connectivity index (χ2n) is 11.8. The van der Waals surface area contributed by atoms with Crippen LogP contribution >= 0.6 is 0 Å². The Morgan fingerprint density at radius 3 is 2.21 bits per heavy atom. The van der Waals surface area contributed by atoms with Crippen molar-refractivity contribution < 1.29 is 4.74 Å². The van der Waals surface area contributed by atoms with Crippen molar-refractivity contribution in [2.75, 3.05) is 7.11 Å². The zero-order valence-corrected chi connectivity index (χ0v) is 20.3. The lowest BCUT2D eigenvalue weighted by Gasteiger charge is -2.43. The van der Waals surface area contributed by atoms with Gasteiger partial charge in [-0.25, -0.2) is 0 Å². The summed E-state index contributed by atoms with van der Waals surface area (Å²) < 4.78 is 5.59. The van der Waals surface area contributed by atoms with Gasteiger partial charge in [-0.05, 0) is 86.4 Å². The largest absolute Gasteiger partial charge is 0.381 e. The molecule has 5 unspecified atom stereocenters. The quantitative estimate of drug-likeness (QED) is 0.354. The van der Waals surface area contributed by atoms with Gasteiger partial charge in [0, 0.05) is 7.11 Å². The lowest BCUT2D eigenvalue weighted by Crippen LogP contribution is -2.33. The first-order valence-electron chi connectivity index (χ1n) is 13.6. The zero-order valence-electron chi connectivity index (χ0n) is 20.3. The summed E-state index contributed by atoms with van der Waals surface area (Å²) in [5.74, 6) is 7.01. The van der Waals surface area contributed by atoms with E-state index >= 15 is 0 Å². The fourth-order valence-corrected chi connectivity index (χ4v) is 7.33. The predicted octanol–water partition coefficient (Wildman–Crippen LogP) is 8.66. The van der Waals surface area contributed by atoms with Crippen LogP contribution in [0.4, 0.5) is 0 Å². The summed E-state index contributed by atoms with van der Waals surface area (Å²) in [5.41, 5.74) is 0. The van der Waals surface area contributed by atoms with Crippen LogP contribution in [0.5, 0.6) is 0 Å². The fraction of sp³-hybridized carbons (Fsp3) is 1.00. The summed E-state index contributed by atoms with van der Waals surface area (Å²) >= 11 is 0. The smallest absolute Gasteiger partial charge is 0.0571 e. The standard InChI is InChI=1S/C28H52O/c1-21(2)12-17-25(20-26-10-7-9-24-8-5-6-11-28(24)26)22(3)13-14-23-15-18-27(29-4)19-16-23/h21-28H,5-20H2,1-4H3. The molecule has 0 spiro atoms. The molecule has 0 N–H and O–H groups in total. The lowest BCUT2D eigenvalue weighted by molar-refractivity contribution is 0.0525. The summed E-state index contributed by atoms with van der Waals surface area (Å²) in [6.07, 6.45) is 24.2. The van der Waals surface area contributed by atoms with E-state index in [2.05, 4.69) is 20.8 Å². The Labute approximate surface area is 183 Å². The minimum Gasteiger partial charge on any atom is -0.381 e. The molecule has 3 fully saturated rings. The van der Waals surface area contributed by atoms with Gasteiger partial charge in [0.2, 0.25) is 0 Å². The fourth-order valence-electron chi connectivity index (χ4n) is 7.33. The molecule has 3 aliphatic carbocycles. The molecule has 0 aromatic heterocycles. The third-order valence-corrected chi connectivity index (χ3v) is 9.41. The van der Waals surface area contributed by atoms with Crippen LogP contribution < -0.4 is 0 Å². The SMILES string of the molecule is COC1CCC(CCC(C)C(CCC(C)C)CC2CCCC3CCCCC32)CC1. The lowest BCUT2D eigenvalue weighted by atomic mass is 9.62. The summed E-state index contributed by atoms with van der Waals surface area (Å²) in [5, 5.41) is 0. The van der Waals surface area contributed by atoms with Crippen LogP contribution in [-0.2, 0) is 4.74 Å². The van der Waals surface area contributed by atoms with Gasteiger partial charge in [-0.1, -0.05) is 78.6 Å². The van der Waals surface area contributed by atoms with Crippen molar-refractivity contribution >= 4 is 0 Å². The third-order valence-electron chi connectivity index (χ3n) is 9.41. The summed E-state index contributed by atoms with van der Waals surface area (Å²) in [6, 6.07) is 0. The van der Waals surface area contributed by atoms with Crippen LogP contribution in [0.1, 0.15) is 124 Å². The predicted molar refractivity (Wildman–Crippen MR) is 126 cm³/mol. The van der Waals surface area contributed by atoms with Crippen molar-refractivity contribution in [2.45, 2.75) is 130 Å². The molecular weight excluding hydrogens is 352 g/mol. The molecule has 0 radical (unpaired) electrons. The molecular formula is C28H52O. The molecule has 0 heterocycles. The minimum absolute atomic E-state index is 0.553. The molecule has 0 aromatic rings.